The Morgan fingerprint density at radius 3 is 2.53 bits per heavy atom. The van der Waals surface area contributed by atoms with Crippen LogP contribution in [-0.4, -0.2) is 51.4 Å². The molecule has 1 aromatic heterocycles. The van der Waals surface area contributed by atoms with E-state index in [1.54, 1.807) is 25.3 Å². The summed E-state index contributed by atoms with van der Waals surface area (Å²) in [6.07, 6.45) is -4.24. The lowest BCUT2D eigenvalue weighted by molar-refractivity contribution is -0.154. The van der Waals surface area contributed by atoms with Gasteiger partial charge >= 0.3 is 12.1 Å². The molecule has 1 aliphatic heterocycles. The van der Waals surface area contributed by atoms with E-state index >= 15 is 0 Å². The van der Waals surface area contributed by atoms with E-state index in [0.29, 0.717) is 16.3 Å². The van der Waals surface area contributed by atoms with E-state index in [1.165, 1.54) is 44.3 Å². The second-order valence-electron chi connectivity index (χ2n) is 10.2. The highest BCUT2D eigenvalue weighted by Crippen LogP contribution is 2.33. The summed E-state index contributed by atoms with van der Waals surface area (Å²) in [5, 5.41) is 23.8. The van der Waals surface area contributed by atoms with Gasteiger partial charge in [0, 0.05) is 29.2 Å². The van der Waals surface area contributed by atoms with Gasteiger partial charge < -0.3 is 14.9 Å². The molecule has 0 spiro atoms. The zero-order valence-corrected chi connectivity index (χ0v) is 23.7. The molecule has 2 rings (SSSR count). The minimum absolute atomic E-state index is 0.210. The van der Waals surface area contributed by atoms with Crippen LogP contribution in [0, 0.1) is 17.3 Å². The summed E-state index contributed by atoms with van der Waals surface area (Å²) >= 11 is 7.12. The van der Waals surface area contributed by atoms with Crippen LogP contribution >= 0.6 is 22.9 Å². The SMILES string of the molecule is CC(=Cc1csc(CCl)n1)C1CC=C(C(F)(F)F)CC=C[C@H](C)[C@H](O)[C@@H](C)C(=O)C(C)(C)[C@@H](O)CC(=O)O1. The van der Waals surface area contributed by atoms with Crippen molar-refractivity contribution in [2.24, 2.45) is 17.3 Å². The Balaban J connectivity index is 2.50. The average Bonchev–Trinajstić information content (AvgIpc) is 3.29. The molecule has 6 nitrogen and oxygen atoms in total. The van der Waals surface area contributed by atoms with Crippen LogP contribution in [0.4, 0.5) is 13.2 Å². The number of allylic oxidation sites excluding steroid dienone is 2. The number of aromatic nitrogens is 1. The minimum Gasteiger partial charge on any atom is -0.457 e. The van der Waals surface area contributed by atoms with Crippen molar-refractivity contribution in [2.75, 3.05) is 0 Å². The standard InChI is InChI=1S/C27H35ClF3NO5S/c1-15-7-6-8-18(27(29,30)31)9-10-20(16(2)11-19-14-38-22(13-28)32-19)37-23(34)12-21(33)26(4,5)25(36)17(3)24(15)35/h6-7,9,11,14-15,17,20-21,24,33,35H,8,10,12-13H2,1-5H3/t15-,17+,20?,21-,24-/m0/s1. The number of carbonyl (C=O) groups excluding carboxylic acids is 2. The normalized spacial score (nSPS) is 28.7. The maximum atomic E-state index is 13.8. The molecule has 0 bridgehead atoms. The molecule has 1 aliphatic rings. The Morgan fingerprint density at radius 1 is 1.29 bits per heavy atom. The third kappa shape index (κ3) is 8.49. The summed E-state index contributed by atoms with van der Waals surface area (Å²) in [5.74, 6) is -2.69. The summed E-state index contributed by atoms with van der Waals surface area (Å²) in [4.78, 5) is 30.3. The molecule has 1 aromatic rings. The van der Waals surface area contributed by atoms with Crippen LogP contribution in [-0.2, 0) is 20.2 Å². The molecule has 0 aliphatic carbocycles. The van der Waals surface area contributed by atoms with Crippen molar-refractivity contribution >= 4 is 40.8 Å². The topological polar surface area (TPSA) is 96.7 Å². The molecular formula is C27H35ClF3NO5S. The number of nitrogens with zero attached hydrogens (tertiary/aromatic N) is 1. The number of alkyl halides is 4. The second kappa shape index (κ2) is 13.4. The Labute approximate surface area is 230 Å². The number of ketones is 1. The number of carbonyl (C=O) groups is 2. The molecule has 11 heteroatoms. The van der Waals surface area contributed by atoms with Crippen LogP contribution in [0.2, 0.25) is 0 Å². The van der Waals surface area contributed by atoms with Gasteiger partial charge in [0.25, 0.3) is 0 Å². The van der Waals surface area contributed by atoms with E-state index in [1.807, 2.05) is 0 Å². The van der Waals surface area contributed by atoms with Crippen molar-refractivity contribution in [1.29, 1.82) is 0 Å². The predicted molar refractivity (Wildman–Crippen MR) is 141 cm³/mol. The third-order valence-electron chi connectivity index (χ3n) is 6.85. The van der Waals surface area contributed by atoms with Crippen LogP contribution in [0.5, 0.6) is 0 Å². The Hall–Kier alpha value is -2.01. The maximum Gasteiger partial charge on any atom is 0.412 e. The summed E-state index contributed by atoms with van der Waals surface area (Å²) in [6, 6.07) is 0. The Bertz CT molecular complexity index is 1080. The number of ether oxygens (including phenoxy) is 1. The first-order chi connectivity index (χ1) is 17.6. The quantitative estimate of drug-likeness (QED) is 0.259. The molecule has 0 amide bonds. The minimum atomic E-state index is -4.63. The number of aliphatic hydroxyl groups excluding tert-OH is 2. The number of esters is 1. The number of halogens is 4. The second-order valence-corrected chi connectivity index (χ2v) is 11.4. The number of aliphatic hydroxyl groups is 2. The highest BCUT2D eigenvalue weighted by Gasteiger charge is 2.42. The van der Waals surface area contributed by atoms with Gasteiger partial charge in [-0.2, -0.15) is 13.2 Å². The highest BCUT2D eigenvalue weighted by atomic mass is 35.5. The molecule has 0 fully saturated rings. The largest absolute Gasteiger partial charge is 0.457 e. The fraction of sp³-hybridized carbons (Fsp3) is 0.593. The Morgan fingerprint density at radius 2 is 1.95 bits per heavy atom. The van der Waals surface area contributed by atoms with Crippen LogP contribution in [0.1, 0.15) is 64.6 Å². The molecule has 212 valence electrons. The monoisotopic (exact) mass is 577 g/mol. The molecule has 0 saturated carbocycles. The van der Waals surface area contributed by atoms with Crippen LogP contribution in [0.25, 0.3) is 6.08 Å². The molecule has 2 N–H and O–H groups in total. The van der Waals surface area contributed by atoms with E-state index in [-0.39, 0.29) is 12.3 Å². The molecule has 0 saturated heterocycles. The smallest absolute Gasteiger partial charge is 0.412 e. The van der Waals surface area contributed by atoms with Gasteiger partial charge in [-0.1, -0.05) is 45.9 Å². The van der Waals surface area contributed by atoms with Gasteiger partial charge in [-0.3, -0.25) is 9.59 Å². The molecule has 38 heavy (non-hydrogen) atoms. The number of cyclic esters (lactones) is 1. The summed E-state index contributed by atoms with van der Waals surface area (Å²) in [6.45, 7) is 7.68. The Kier molecular flexibility index (Phi) is 11.3. The van der Waals surface area contributed by atoms with E-state index < -0.39 is 71.9 Å². The van der Waals surface area contributed by atoms with Gasteiger partial charge in [0.2, 0.25) is 0 Å². The van der Waals surface area contributed by atoms with Gasteiger partial charge in [-0.05, 0) is 25.0 Å². The van der Waals surface area contributed by atoms with E-state index in [0.717, 1.165) is 6.08 Å². The lowest BCUT2D eigenvalue weighted by Gasteiger charge is -2.34. The molecule has 0 aromatic carbocycles. The lowest BCUT2D eigenvalue weighted by atomic mass is 9.73. The van der Waals surface area contributed by atoms with Crippen molar-refractivity contribution in [3.05, 3.63) is 45.5 Å². The number of hydrogen-bond donors (Lipinski definition) is 2. The summed E-state index contributed by atoms with van der Waals surface area (Å²) in [7, 11) is 0. The highest BCUT2D eigenvalue weighted by molar-refractivity contribution is 7.09. The molecule has 5 atom stereocenters. The molecule has 0 radical (unpaired) electrons. The van der Waals surface area contributed by atoms with Gasteiger partial charge in [0.05, 0.1) is 35.6 Å². The number of Topliss-reactive ketones (excluding diaryl/α,β-unsaturated/α-hetero) is 1. The van der Waals surface area contributed by atoms with Gasteiger partial charge in [0.15, 0.2) is 0 Å². The van der Waals surface area contributed by atoms with Crippen LogP contribution in [0.15, 0.2) is 34.8 Å². The van der Waals surface area contributed by atoms with Gasteiger partial charge in [-0.15, -0.1) is 22.9 Å². The van der Waals surface area contributed by atoms with Gasteiger partial charge in [-0.25, -0.2) is 4.98 Å². The van der Waals surface area contributed by atoms with Crippen molar-refractivity contribution in [1.82, 2.24) is 4.98 Å². The fourth-order valence-electron chi connectivity index (χ4n) is 4.17. The van der Waals surface area contributed by atoms with Crippen molar-refractivity contribution < 1.29 is 37.7 Å². The fourth-order valence-corrected chi connectivity index (χ4v) is 5.02. The van der Waals surface area contributed by atoms with Crippen LogP contribution < -0.4 is 0 Å². The number of rotatable bonds is 3. The van der Waals surface area contributed by atoms with E-state index in [2.05, 4.69) is 4.98 Å². The van der Waals surface area contributed by atoms with Gasteiger partial charge in [0.1, 0.15) is 16.9 Å². The van der Waals surface area contributed by atoms with E-state index in [9.17, 15) is 33.0 Å². The van der Waals surface area contributed by atoms with Crippen molar-refractivity contribution in [3.63, 3.8) is 0 Å². The average molecular weight is 578 g/mol. The van der Waals surface area contributed by atoms with Crippen LogP contribution in [0.3, 0.4) is 0 Å². The van der Waals surface area contributed by atoms with Crippen molar-refractivity contribution in [2.45, 2.75) is 84.2 Å². The zero-order valence-electron chi connectivity index (χ0n) is 22.1. The first-order valence-corrected chi connectivity index (χ1v) is 13.7. The maximum absolute atomic E-state index is 13.8. The summed E-state index contributed by atoms with van der Waals surface area (Å²) < 4.78 is 46.9. The number of thiazole rings is 1. The molecule has 2 heterocycles. The zero-order chi connectivity index (χ0) is 28.8. The molecule has 1 unspecified atom stereocenters. The first kappa shape index (κ1) is 32.2. The summed E-state index contributed by atoms with van der Waals surface area (Å²) in [5.41, 5.74) is -1.24. The first-order valence-electron chi connectivity index (χ1n) is 12.3. The predicted octanol–water partition coefficient (Wildman–Crippen LogP) is 6.02. The number of hydrogen-bond acceptors (Lipinski definition) is 7. The lowest BCUT2D eigenvalue weighted by Crippen LogP contribution is -2.45. The van der Waals surface area contributed by atoms with E-state index in [4.69, 9.17) is 16.3 Å². The third-order valence-corrected chi connectivity index (χ3v) is 8.13. The van der Waals surface area contributed by atoms with Crippen molar-refractivity contribution in [3.8, 4) is 0 Å². The molecular weight excluding hydrogens is 543 g/mol.